The van der Waals surface area contributed by atoms with E-state index >= 15 is 0 Å². The number of halogens is 2. The van der Waals surface area contributed by atoms with Crippen molar-refractivity contribution in [2.45, 2.75) is 38.3 Å². The fourth-order valence-corrected chi connectivity index (χ4v) is 4.46. The number of ether oxygens (including phenoxy) is 1. The number of hydrogen-bond donors (Lipinski definition) is 2. The highest BCUT2D eigenvalue weighted by Gasteiger charge is 2.22. The van der Waals surface area contributed by atoms with Crippen LogP contribution in [0.5, 0.6) is 5.75 Å². The zero-order chi connectivity index (χ0) is 21.2. The Morgan fingerprint density at radius 3 is 2.66 bits per heavy atom. The van der Waals surface area contributed by atoms with E-state index < -0.39 is 16.6 Å². The summed E-state index contributed by atoms with van der Waals surface area (Å²) in [5.41, 5.74) is 2.50. The Labute approximate surface area is 169 Å². The Bertz CT molecular complexity index is 983. The molecule has 1 fully saturated rings. The predicted molar refractivity (Wildman–Crippen MR) is 109 cm³/mol. The van der Waals surface area contributed by atoms with E-state index in [9.17, 15) is 17.2 Å². The highest BCUT2D eigenvalue weighted by molar-refractivity contribution is 7.92. The van der Waals surface area contributed by atoms with Gasteiger partial charge in [0, 0.05) is 31.4 Å². The van der Waals surface area contributed by atoms with Crippen LogP contribution in [0.15, 0.2) is 41.3 Å². The molecule has 0 amide bonds. The Hall–Kier alpha value is -2.39. The van der Waals surface area contributed by atoms with Crippen LogP contribution >= 0.6 is 0 Å². The maximum atomic E-state index is 13.0. The first-order chi connectivity index (χ1) is 13.7. The highest BCUT2D eigenvalue weighted by atomic mass is 32.2. The van der Waals surface area contributed by atoms with Gasteiger partial charge in [0.25, 0.3) is 10.0 Å². The van der Waals surface area contributed by atoms with E-state index in [1.807, 2.05) is 6.92 Å². The Morgan fingerprint density at radius 1 is 1.21 bits per heavy atom. The first-order valence-electron chi connectivity index (χ1n) is 9.33. The van der Waals surface area contributed by atoms with Gasteiger partial charge in [-0.3, -0.25) is 4.72 Å². The SMILES string of the molecule is Cc1ccc(OC(F)F)c(NS(=O)(=O)c2ccc(C)c(N3CCNC(C)C3)c2)c1. The maximum Gasteiger partial charge on any atom is 0.387 e. The van der Waals surface area contributed by atoms with Crippen LogP contribution in [-0.4, -0.2) is 40.7 Å². The molecule has 1 saturated heterocycles. The van der Waals surface area contributed by atoms with Crippen LogP contribution in [-0.2, 0) is 10.0 Å². The van der Waals surface area contributed by atoms with E-state index in [0.29, 0.717) is 11.6 Å². The fourth-order valence-electron chi connectivity index (χ4n) is 3.37. The summed E-state index contributed by atoms with van der Waals surface area (Å²) in [7, 11) is -4.00. The van der Waals surface area contributed by atoms with Crippen LogP contribution in [0, 0.1) is 13.8 Å². The number of anilines is 2. The van der Waals surface area contributed by atoms with Crippen molar-refractivity contribution in [2.24, 2.45) is 0 Å². The normalized spacial score (nSPS) is 17.4. The Morgan fingerprint density at radius 2 is 1.97 bits per heavy atom. The molecule has 1 aliphatic heterocycles. The molecule has 3 rings (SSSR count). The lowest BCUT2D eigenvalue weighted by molar-refractivity contribution is -0.0493. The number of rotatable bonds is 6. The van der Waals surface area contributed by atoms with Crippen molar-refractivity contribution in [1.29, 1.82) is 0 Å². The number of hydrogen-bond acceptors (Lipinski definition) is 5. The highest BCUT2D eigenvalue weighted by Crippen LogP contribution is 2.31. The van der Waals surface area contributed by atoms with Crippen molar-refractivity contribution in [3.8, 4) is 5.75 Å². The second-order valence-electron chi connectivity index (χ2n) is 7.23. The van der Waals surface area contributed by atoms with Crippen LogP contribution < -0.4 is 19.7 Å². The molecule has 2 aromatic carbocycles. The first-order valence-corrected chi connectivity index (χ1v) is 10.8. The van der Waals surface area contributed by atoms with Gasteiger partial charge in [0.05, 0.1) is 10.6 Å². The van der Waals surface area contributed by atoms with Gasteiger partial charge in [0.1, 0.15) is 5.75 Å². The summed E-state index contributed by atoms with van der Waals surface area (Å²) >= 11 is 0. The maximum absolute atomic E-state index is 13.0. The van der Waals surface area contributed by atoms with Gasteiger partial charge in [-0.1, -0.05) is 12.1 Å². The van der Waals surface area contributed by atoms with E-state index in [1.165, 1.54) is 18.2 Å². The van der Waals surface area contributed by atoms with Crippen molar-refractivity contribution >= 4 is 21.4 Å². The summed E-state index contributed by atoms with van der Waals surface area (Å²) in [6.45, 7) is 5.04. The molecule has 2 N–H and O–H groups in total. The molecule has 6 nitrogen and oxygen atoms in total. The summed E-state index contributed by atoms with van der Waals surface area (Å²) < 4.78 is 58.2. The second-order valence-corrected chi connectivity index (χ2v) is 8.92. The van der Waals surface area contributed by atoms with Crippen LogP contribution in [0.2, 0.25) is 0 Å². The average molecular weight is 426 g/mol. The molecule has 1 atom stereocenters. The molecular formula is C20H25F2N3O3S. The van der Waals surface area contributed by atoms with Gasteiger partial charge in [0.15, 0.2) is 0 Å². The van der Waals surface area contributed by atoms with Gasteiger partial charge in [0.2, 0.25) is 0 Å². The van der Waals surface area contributed by atoms with Crippen LogP contribution in [0.1, 0.15) is 18.1 Å². The minimum Gasteiger partial charge on any atom is -0.433 e. The zero-order valence-electron chi connectivity index (χ0n) is 16.6. The molecule has 0 aliphatic carbocycles. The van der Waals surface area contributed by atoms with Gasteiger partial charge >= 0.3 is 6.61 Å². The van der Waals surface area contributed by atoms with Crippen molar-refractivity contribution in [3.63, 3.8) is 0 Å². The molecule has 158 valence electrons. The lowest BCUT2D eigenvalue weighted by atomic mass is 10.1. The topological polar surface area (TPSA) is 70.7 Å². The molecule has 9 heteroatoms. The molecule has 1 heterocycles. The van der Waals surface area contributed by atoms with E-state index in [4.69, 9.17) is 0 Å². The fraction of sp³-hybridized carbons (Fsp3) is 0.400. The van der Waals surface area contributed by atoms with Gasteiger partial charge in [-0.2, -0.15) is 8.78 Å². The first kappa shape index (κ1) is 21.3. The number of nitrogens with one attached hydrogen (secondary N) is 2. The standard InChI is InChI=1S/C20H25F2N3O3S/c1-13-4-7-19(28-20(21)22)17(10-13)24-29(26,27)16-6-5-14(2)18(11-16)25-9-8-23-15(3)12-25/h4-7,10-11,15,20,23-24H,8-9,12H2,1-3H3. The number of benzene rings is 2. The minimum absolute atomic E-state index is 0.0248. The third-order valence-electron chi connectivity index (χ3n) is 4.80. The van der Waals surface area contributed by atoms with E-state index in [0.717, 1.165) is 30.9 Å². The predicted octanol–water partition coefficient (Wildman–Crippen LogP) is 3.50. The summed E-state index contributed by atoms with van der Waals surface area (Å²) in [5.74, 6) is -0.225. The Kier molecular flexibility index (Phi) is 6.28. The summed E-state index contributed by atoms with van der Waals surface area (Å²) in [4.78, 5) is 2.21. The second kappa shape index (κ2) is 8.54. The van der Waals surface area contributed by atoms with Crippen LogP contribution in [0.4, 0.5) is 20.2 Å². The van der Waals surface area contributed by atoms with Gasteiger partial charge in [-0.15, -0.1) is 0 Å². The molecule has 0 saturated carbocycles. The lowest BCUT2D eigenvalue weighted by Crippen LogP contribution is -2.49. The quantitative estimate of drug-likeness (QED) is 0.741. The van der Waals surface area contributed by atoms with E-state index in [-0.39, 0.29) is 16.3 Å². The van der Waals surface area contributed by atoms with Crippen LogP contribution in [0.25, 0.3) is 0 Å². The number of nitrogens with zero attached hydrogens (tertiary/aromatic N) is 1. The third kappa shape index (κ3) is 5.16. The molecule has 1 aliphatic rings. The average Bonchev–Trinajstić information content (AvgIpc) is 2.63. The Balaban J connectivity index is 1.92. The zero-order valence-corrected chi connectivity index (χ0v) is 17.4. The van der Waals surface area contributed by atoms with Crippen molar-refractivity contribution in [3.05, 3.63) is 47.5 Å². The third-order valence-corrected chi connectivity index (χ3v) is 6.16. The molecule has 29 heavy (non-hydrogen) atoms. The molecule has 2 aromatic rings. The monoisotopic (exact) mass is 425 g/mol. The minimum atomic E-state index is -4.00. The number of piperazine rings is 1. The molecule has 0 radical (unpaired) electrons. The van der Waals surface area contributed by atoms with Gasteiger partial charge in [-0.25, -0.2) is 8.42 Å². The summed E-state index contributed by atoms with van der Waals surface area (Å²) in [6, 6.07) is 9.54. The molecule has 0 bridgehead atoms. The molecule has 0 aromatic heterocycles. The van der Waals surface area contributed by atoms with Gasteiger partial charge < -0.3 is 15.0 Å². The summed E-state index contributed by atoms with van der Waals surface area (Å²) in [6.07, 6.45) is 0. The van der Waals surface area contributed by atoms with Crippen molar-refractivity contribution in [1.82, 2.24) is 5.32 Å². The molecular weight excluding hydrogens is 400 g/mol. The number of sulfonamides is 1. The van der Waals surface area contributed by atoms with Gasteiger partial charge in [-0.05, 0) is 56.2 Å². The smallest absolute Gasteiger partial charge is 0.387 e. The number of alkyl halides is 2. The molecule has 1 unspecified atom stereocenters. The van der Waals surface area contributed by atoms with Crippen LogP contribution in [0.3, 0.4) is 0 Å². The summed E-state index contributed by atoms with van der Waals surface area (Å²) in [5, 5.41) is 3.36. The van der Waals surface area contributed by atoms with Crippen molar-refractivity contribution in [2.75, 3.05) is 29.3 Å². The van der Waals surface area contributed by atoms with E-state index in [1.54, 1.807) is 25.1 Å². The van der Waals surface area contributed by atoms with E-state index in [2.05, 4.69) is 26.6 Å². The molecule has 0 spiro atoms. The number of aryl methyl sites for hydroxylation is 2. The lowest BCUT2D eigenvalue weighted by Gasteiger charge is -2.34. The van der Waals surface area contributed by atoms with Crippen molar-refractivity contribution < 1.29 is 21.9 Å². The largest absolute Gasteiger partial charge is 0.433 e.